The van der Waals surface area contributed by atoms with Crippen LogP contribution in [0.25, 0.3) is 11.4 Å². The minimum Gasteiger partial charge on any atom is -0.465 e. The molecule has 25 heavy (non-hydrogen) atoms. The fourth-order valence-electron chi connectivity index (χ4n) is 2.33. The van der Waals surface area contributed by atoms with E-state index in [0.717, 1.165) is 29.4 Å². The quantitative estimate of drug-likeness (QED) is 0.611. The van der Waals surface area contributed by atoms with Crippen LogP contribution in [0.1, 0.15) is 28.6 Å². The van der Waals surface area contributed by atoms with Crippen molar-refractivity contribution in [2.24, 2.45) is 0 Å². The van der Waals surface area contributed by atoms with Gasteiger partial charge in [-0.3, -0.25) is 9.55 Å². The number of nitrogens with zero attached hydrogens (tertiary/aromatic N) is 5. The van der Waals surface area contributed by atoms with E-state index in [-0.39, 0.29) is 5.15 Å². The standard InChI is InChI=1S/C15H12ClN5O2S2/c1-23-13(22)10-11(16)18-15(24-10)25-14-20-19-12(21(14)9-2-3-9)8-4-6-17-7-5-8/h4-7,9H,2-3H2,1H3. The van der Waals surface area contributed by atoms with E-state index in [1.54, 1.807) is 12.4 Å². The topological polar surface area (TPSA) is 82.8 Å². The molecule has 3 aromatic heterocycles. The van der Waals surface area contributed by atoms with Crippen molar-refractivity contribution >= 4 is 40.7 Å². The number of thiazole rings is 1. The molecule has 4 rings (SSSR count). The molecule has 10 heteroatoms. The maximum atomic E-state index is 11.7. The van der Waals surface area contributed by atoms with Crippen molar-refractivity contribution in [2.45, 2.75) is 28.4 Å². The predicted molar refractivity (Wildman–Crippen MR) is 94.1 cm³/mol. The fourth-order valence-corrected chi connectivity index (χ4v) is 4.66. The Hall–Kier alpha value is -1.97. The van der Waals surface area contributed by atoms with Crippen LogP contribution in [0.15, 0.2) is 34.0 Å². The maximum Gasteiger partial charge on any atom is 0.351 e. The van der Waals surface area contributed by atoms with E-state index >= 15 is 0 Å². The van der Waals surface area contributed by atoms with Crippen LogP contribution in [0.5, 0.6) is 0 Å². The first-order valence-corrected chi connectivity index (χ1v) is 9.46. The molecule has 1 aliphatic carbocycles. The van der Waals surface area contributed by atoms with Crippen molar-refractivity contribution in [3.05, 3.63) is 34.6 Å². The molecular formula is C15H12ClN5O2S2. The van der Waals surface area contributed by atoms with Gasteiger partial charge in [-0.15, -0.1) is 10.2 Å². The van der Waals surface area contributed by atoms with Crippen LogP contribution in [0.3, 0.4) is 0 Å². The summed E-state index contributed by atoms with van der Waals surface area (Å²) in [7, 11) is 1.32. The summed E-state index contributed by atoms with van der Waals surface area (Å²) in [6.07, 6.45) is 5.65. The molecule has 0 aliphatic heterocycles. The van der Waals surface area contributed by atoms with Crippen molar-refractivity contribution in [2.75, 3.05) is 7.11 Å². The molecule has 0 aromatic carbocycles. The minimum atomic E-state index is -0.490. The largest absolute Gasteiger partial charge is 0.465 e. The van der Waals surface area contributed by atoms with Crippen molar-refractivity contribution < 1.29 is 9.53 Å². The fraction of sp³-hybridized carbons (Fsp3) is 0.267. The molecule has 3 aromatic rings. The highest BCUT2D eigenvalue weighted by molar-refractivity contribution is 8.00. The number of hydrogen-bond donors (Lipinski definition) is 0. The zero-order chi connectivity index (χ0) is 17.4. The molecule has 0 amide bonds. The van der Waals surface area contributed by atoms with Crippen LogP contribution in [0, 0.1) is 0 Å². The second-order valence-electron chi connectivity index (χ2n) is 5.34. The number of carbonyl (C=O) groups is 1. The third kappa shape index (κ3) is 3.26. The summed E-state index contributed by atoms with van der Waals surface area (Å²) in [4.78, 5) is 20.3. The molecule has 0 N–H and O–H groups in total. The van der Waals surface area contributed by atoms with Gasteiger partial charge in [-0.25, -0.2) is 9.78 Å². The first kappa shape index (κ1) is 16.5. The molecule has 128 valence electrons. The van der Waals surface area contributed by atoms with Crippen molar-refractivity contribution in [3.63, 3.8) is 0 Å². The lowest BCUT2D eigenvalue weighted by atomic mass is 10.2. The lowest BCUT2D eigenvalue weighted by molar-refractivity contribution is 0.0606. The Morgan fingerprint density at radius 3 is 2.80 bits per heavy atom. The Bertz CT molecular complexity index is 923. The van der Waals surface area contributed by atoms with Gasteiger partial charge >= 0.3 is 5.97 Å². The van der Waals surface area contributed by atoms with E-state index in [4.69, 9.17) is 16.3 Å². The molecule has 0 saturated heterocycles. The number of ether oxygens (including phenoxy) is 1. The van der Waals surface area contributed by atoms with Crippen LogP contribution in [-0.4, -0.2) is 37.8 Å². The third-order valence-electron chi connectivity index (χ3n) is 3.63. The highest BCUT2D eigenvalue weighted by atomic mass is 35.5. The zero-order valence-corrected chi connectivity index (χ0v) is 15.4. The van der Waals surface area contributed by atoms with Gasteiger partial charge in [-0.1, -0.05) is 22.9 Å². The second kappa shape index (κ2) is 6.74. The summed E-state index contributed by atoms with van der Waals surface area (Å²) in [6.45, 7) is 0. The molecule has 1 fully saturated rings. The second-order valence-corrected chi connectivity index (χ2v) is 7.91. The maximum absolute atomic E-state index is 11.7. The van der Waals surface area contributed by atoms with E-state index in [1.165, 1.54) is 30.2 Å². The van der Waals surface area contributed by atoms with Gasteiger partial charge in [-0.05, 0) is 36.7 Å². The van der Waals surface area contributed by atoms with Gasteiger partial charge in [-0.2, -0.15) is 0 Å². The molecule has 0 bridgehead atoms. The van der Waals surface area contributed by atoms with Crippen LogP contribution in [0.4, 0.5) is 0 Å². The Morgan fingerprint density at radius 1 is 1.36 bits per heavy atom. The van der Waals surface area contributed by atoms with Gasteiger partial charge in [0.25, 0.3) is 0 Å². The van der Waals surface area contributed by atoms with Crippen molar-refractivity contribution in [1.82, 2.24) is 24.7 Å². The number of hydrogen-bond acceptors (Lipinski definition) is 8. The van der Waals surface area contributed by atoms with E-state index in [0.29, 0.717) is 15.3 Å². The summed E-state index contributed by atoms with van der Waals surface area (Å²) in [5, 5.41) is 9.53. The van der Waals surface area contributed by atoms with E-state index in [2.05, 4.69) is 24.7 Å². The summed E-state index contributed by atoms with van der Waals surface area (Å²) in [6, 6.07) is 4.20. The molecule has 0 radical (unpaired) electrons. The highest BCUT2D eigenvalue weighted by Gasteiger charge is 2.31. The first-order valence-electron chi connectivity index (χ1n) is 7.45. The van der Waals surface area contributed by atoms with Crippen LogP contribution in [0.2, 0.25) is 5.15 Å². The minimum absolute atomic E-state index is 0.145. The Morgan fingerprint density at radius 2 is 2.12 bits per heavy atom. The average molecular weight is 394 g/mol. The first-order chi connectivity index (χ1) is 12.2. The lowest BCUT2D eigenvalue weighted by Gasteiger charge is -2.07. The molecule has 1 saturated carbocycles. The summed E-state index contributed by atoms with van der Waals surface area (Å²) in [5.74, 6) is 0.318. The molecule has 3 heterocycles. The number of aromatic nitrogens is 5. The highest BCUT2D eigenvalue weighted by Crippen LogP contribution is 2.43. The van der Waals surface area contributed by atoms with Crippen LogP contribution in [-0.2, 0) is 4.74 Å². The van der Waals surface area contributed by atoms with Gasteiger partial charge in [0.2, 0.25) is 0 Å². The number of halogens is 1. The SMILES string of the molecule is COC(=O)c1sc(Sc2nnc(-c3ccncc3)n2C2CC2)nc1Cl. The van der Waals surface area contributed by atoms with E-state index in [1.807, 2.05) is 12.1 Å². The molecule has 7 nitrogen and oxygen atoms in total. The lowest BCUT2D eigenvalue weighted by Crippen LogP contribution is -1.99. The Labute approximate surface area is 156 Å². The Kier molecular flexibility index (Phi) is 4.45. The average Bonchev–Trinajstić information content (AvgIpc) is 3.29. The van der Waals surface area contributed by atoms with E-state index in [9.17, 15) is 4.79 Å². The van der Waals surface area contributed by atoms with Crippen molar-refractivity contribution in [1.29, 1.82) is 0 Å². The molecule has 0 atom stereocenters. The van der Waals surface area contributed by atoms with Gasteiger partial charge in [0, 0.05) is 24.0 Å². The van der Waals surface area contributed by atoms with Gasteiger partial charge < -0.3 is 4.74 Å². The molecule has 0 spiro atoms. The number of pyridine rings is 1. The molecule has 0 unspecified atom stereocenters. The Balaban J connectivity index is 1.68. The number of methoxy groups -OCH3 is 1. The summed E-state index contributed by atoms with van der Waals surface area (Å²) < 4.78 is 7.46. The van der Waals surface area contributed by atoms with Crippen molar-refractivity contribution in [3.8, 4) is 11.4 Å². The predicted octanol–water partition coefficient (Wildman–Crippen LogP) is 3.72. The van der Waals surface area contributed by atoms with Gasteiger partial charge in [0.05, 0.1) is 7.11 Å². The number of carbonyl (C=O) groups excluding carboxylic acids is 1. The van der Waals surface area contributed by atoms with Gasteiger partial charge in [0.15, 0.2) is 25.4 Å². The zero-order valence-electron chi connectivity index (χ0n) is 13.0. The summed E-state index contributed by atoms with van der Waals surface area (Å²) >= 11 is 8.57. The molecule has 1 aliphatic rings. The van der Waals surface area contributed by atoms with Gasteiger partial charge in [0.1, 0.15) is 0 Å². The van der Waals surface area contributed by atoms with Crippen LogP contribution >= 0.6 is 34.7 Å². The third-order valence-corrected chi connectivity index (χ3v) is 6.07. The monoisotopic (exact) mass is 393 g/mol. The normalized spacial score (nSPS) is 13.8. The molecular weight excluding hydrogens is 382 g/mol. The summed E-state index contributed by atoms with van der Waals surface area (Å²) in [5.41, 5.74) is 0.966. The van der Waals surface area contributed by atoms with Crippen LogP contribution < -0.4 is 0 Å². The number of esters is 1. The number of rotatable bonds is 5. The smallest absolute Gasteiger partial charge is 0.351 e. The van der Waals surface area contributed by atoms with E-state index < -0.39 is 5.97 Å².